The van der Waals surface area contributed by atoms with Gasteiger partial charge in [0.05, 0.1) is 17.3 Å². The minimum atomic E-state index is -0.987. The molecule has 0 bridgehead atoms. The lowest BCUT2D eigenvalue weighted by molar-refractivity contribution is -0.146. The summed E-state index contributed by atoms with van der Waals surface area (Å²) in [6.45, 7) is 3.66. The minimum Gasteiger partial charge on any atom is -0.505 e. The highest BCUT2D eigenvalue weighted by atomic mass is 16.3. The third kappa shape index (κ3) is 5.04. The smallest absolute Gasteiger partial charge is 0.257 e. The summed E-state index contributed by atoms with van der Waals surface area (Å²) in [6, 6.07) is 10.8. The molecular weight excluding hydrogens is 424 g/mol. The monoisotopic (exact) mass is 452 g/mol. The third-order valence-electron chi connectivity index (χ3n) is 5.47. The molecule has 0 saturated heterocycles. The van der Waals surface area contributed by atoms with Gasteiger partial charge in [-0.25, -0.2) is 0 Å². The van der Waals surface area contributed by atoms with E-state index in [0.29, 0.717) is 5.69 Å². The van der Waals surface area contributed by atoms with Crippen LogP contribution in [0.2, 0.25) is 0 Å². The van der Waals surface area contributed by atoms with Gasteiger partial charge in [0.2, 0.25) is 17.5 Å². The van der Waals surface area contributed by atoms with Crippen molar-refractivity contribution < 1.29 is 24.3 Å². The van der Waals surface area contributed by atoms with Crippen LogP contribution in [0.3, 0.4) is 0 Å². The molecule has 33 heavy (non-hydrogen) atoms. The Bertz CT molecular complexity index is 1070. The van der Waals surface area contributed by atoms with Gasteiger partial charge in [-0.1, -0.05) is 38.1 Å². The molecule has 1 aliphatic rings. The van der Waals surface area contributed by atoms with E-state index in [1.54, 1.807) is 44.4 Å². The molecule has 1 saturated carbocycles. The van der Waals surface area contributed by atoms with Crippen molar-refractivity contribution in [2.24, 2.45) is 5.92 Å². The van der Waals surface area contributed by atoms with Gasteiger partial charge >= 0.3 is 0 Å². The second kappa shape index (κ2) is 9.83. The maximum absolute atomic E-state index is 12.8. The Balaban J connectivity index is 1.77. The third-order valence-corrected chi connectivity index (χ3v) is 5.47. The molecule has 0 aliphatic heterocycles. The second-order valence-electron chi connectivity index (χ2n) is 8.47. The zero-order valence-corrected chi connectivity index (χ0v) is 19.0. The first-order valence-electron chi connectivity index (χ1n) is 10.6. The number of nitrogens with zero attached hydrogens (tertiary/aromatic N) is 1. The number of carbonyl (C=O) groups is 4. The maximum atomic E-state index is 12.8. The Morgan fingerprint density at radius 3 is 2.18 bits per heavy atom. The number of para-hydroxylation sites is 2. The molecule has 3 rings (SSSR count). The molecule has 9 heteroatoms. The Morgan fingerprint density at radius 2 is 1.58 bits per heavy atom. The van der Waals surface area contributed by atoms with Gasteiger partial charge in [-0.05, 0) is 30.2 Å². The van der Waals surface area contributed by atoms with Crippen LogP contribution in [0.4, 0.5) is 11.4 Å². The summed E-state index contributed by atoms with van der Waals surface area (Å²) in [5, 5.41) is 19.2. The van der Waals surface area contributed by atoms with Gasteiger partial charge in [-0.15, -0.1) is 0 Å². The molecule has 0 radical (unpaired) electrons. The lowest BCUT2D eigenvalue weighted by atomic mass is 9.81. The van der Waals surface area contributed by atoms with Crippen molar-refractivity contribution in [3.05, 3.63) is 54.1 Å². The van der Waals surface area contributed by atoms with E-state index in [4.69, 9.17) is 0 Å². The molecule has 2 aromatic carbocycles. The zero-order chi connectivity index (χ0) is 24.3. The van der Waals surface area contributed by atoms with Crippen LogP contribution in [0.25, 0.3) is 0 Å². The van der Waals surface area contributed by atoms with Crippen molar-refractivity contribution >= 4 is 34.8 Å². The number of hydrogen-bond acceptors (Lipinski definition) is 7. The highest BCUT2D eigenvalue weighted by Crippen LogP contribution is 2.31. The summed E-state index contributed by atoms with van der Waals surface area (Å²) in [6.07, 6.45) is 0. The van der Waals surface area contributed by atoms with E-state index in [0.717, 1.165) is 0 Å². The van der Waals surface area contributed by atoms with E-state index >= 15 is 0 Å². The van der Waals surface area contributed by atoms with Crippen molar-refractivity contribution in [1.82, 2.24) is 10.2 Å². The molecule has 9 nitrogen and oxygen atoms in total. The van der Waals surface area contributed by atoms with Crippen LogP contribution in [0.1, 0.15) is 24.2 Å². The number of Topliss-reactive ketones (excluding diaryl/α,β-unsaturated/α-hetero) is 2. The van der Waals surface area contributed by atoms with E-state index < -0.39 is 35.6 Å². The minimum absolute atomic E-state index is 0.0647. The summed E-state index contributed by atoms with van der Waals surface area (Å²) < 4.78 is 0. The first-order valence-corrected chi connectivity index (χ1v) is 10.6. The second-order valence-corrected chi connectivity index (χ2v) is 8.47. The quantitative estimate of drug-likeness (QED) is 0.354. The molecule has 1 fully saturated rings. The molecule has 2 amide bonds. The number of rotatable bonds is 8. The Labute approximate surface area is 192 Å². The highest BCUT2D eigenvalue weighted by Gasteiger charge is 2.51. The Hall–Kier alpha value is -3.72. The molecule has 4 N–H and O–H groups in total. The van der Waals surface area contributed by atoms with Gasteiger partial charge in [0, 0.05) is 19.8 Å². The molecule has 0 spiro atoms. The molecule has 3 atom stereocenters. The number of benzene rings is 2. The summed E-state index contributed by atoms with van der Waals surface area (Å²) in [4.78, 5) is 51.1. The van der Waals surface area contributed by atoms with Gasteiger partial charge in [-0.3, -0.25) is 24.5 Å². The molecule has 1 unspecified atom stereocenters. The highest BCUT2D eigenvalue weighted by molar-refractivity contribution is 6.49. The number of ketones is 2. The van der Waals surface area contributed by atoms with Crippen molar-refractivity contribution in [1.29, 1.82) is 0 Å². The molecular formula is C24H28N4O5. The number of hydrogen-bond donors (Lipinski definition) is 4. The number of phenols is 1. The fourth-order valence-corrected chi connectivity index (χ4v) is 3.58. The average molecular weight is 453 g/mol. The van der Waals surface area contributed by atoms with E-state index in [1.807, 2.05) is 19.9 Å². The van der Waals surface area contributed by atoms with Gasteiger partial charge in [0.25, 0.3) is 5.91 Å². The maximum Gasteiger partial charge on any atom is 0.257 e. The van der Waals surface area contributed by atoms with Crippen LogP contribution < -0.4 is 16.0 Å². The predicted molar refractivity (Wildman–Crippen MR) is 124 cm³/mol. The number of anilines is 2. The summed E-state index contributed by atoms with van der Waals surface area (Å²) in [7, 11) is 3.12. The Kier molecular flexibility index (Phi) is 7.13. The summed E-state index contributed by atoms with van der Waals surface area (Å²) in [5.41, 5.74) is 0.832. The van der Waals surface area contributed by atoms with Crippen LogP contribution in [0.5, 0.6) is 5.75 Å². The van der Waals surface area contributed by atoms with Gasteiger partial charge in [0.15, 0.2) is 5.75 Å². The van der Waals surface area contributed by atoms with Crippen molar-refractivity contribution in [3.8, 4) is 5.75 Å². The molecule has 0 aromatic heterocycles. The van der Waals surface area contributed by atoms with Crippen LogP contribution in [-0.4, -0.2) is 65.6 Å². The number of aromatic hydroxyl groups is 1. The fraction of sp³-hybridized carbons (Fsp3) is 0.333. The van der Waals surface area contributed by atoms with Gasteiger partial charge in [-0.2, -0.15) is 0 Å². The standard InChI is InChI=1S/C24H28N4O5/c1-13(2)17(23(32)25-14-9-6-5-7-10-14)27-19-18(21(30)22(19)31)26-16-12-8-11-15(20(16)29)24(33)28(3)4/h5-13,17-19,26-27,29H,1-4H3,(H,25,32)/t17-,18+,19?/m0/s1. The SMILES string of the molecule is CC(C)[C@H](NC1C(=O)C(=O)[C@@H]1Nc1cccc(C(=O)N(C)C)c1O)C(=O)Nc1ccccc1. The van der Waals surface area contributed by atoms with Crippen LogP contribution in [-0.2, 0) is 14.4 Å². The number of amides is 2. The zero-order valence-electron chi connectivity index (χ0n) is 19.0. The topological polar surface area (TPSA) is 128 Å². The van der Waals surface area contributed by atoms with Crippen molar-refractivity contribution in [3.63, 3.8) is 0 Å². The number of nitrogens with one attached hydrogen (secondary N) is 3. The van der Waals surface area contributed by atoms with Crippen LogP contribution in [0, 0.1) is 5.92 Å². The molecule has 0 heterocycles. The first-order chi connectivity index (χ1) is 15.6. The fourth-order valence-electron chi connectivity index (χ4n) is 3.58. The van der Waals surface area contributed by atoms with Gasteiger partial charge < -0.3 is 20.6 Å². The van der Waals surface area contributed by atoms with E-state index in [1.165, 1.54) is 17.0 Å². The normalized spacial score (nSPS) is 18.5. The van der Waals surface area contributed by atoms with E-state index in [2.05, 4.69) is 16.0 Å². The lowest BCUT2D eigenvalue weighted by Crippen LogP contribution is -2.70. The van der Waals surface area contributed by atoms with Crippen LogP contribution >= 0.6 is 0 Å². The molecule has 1 aliphatic carbocycles. The van der Waals surface area contributed by atoms with E-state index in [-0.39, 0.29) is 28.8 Å². The average Bonchev–Trinajstić information content (AvgIpc) is 2.79. The predicted octanol–water partition coefficient (Wildman–Crippen LogP) is 1.65. The van der Waals surface area contributed by atoms with Gasteiger partial charge in [0.1, 0.15) is 12.1 Å². The number of phenolic OH excluding ortho intramolecular Hbond substituents is 1. The number of carbonyl (C=O) groups excluding carboxylic acids is 4. The Morgan fingerprint density at radius 1 is 0.939 bits per heavy atom. The van der Waals surface area contributed by atoms with Crippen molar-refractivity contribution in [2.75, 3.05) is 24.7 Å². The largest absolute Gasteiger partial charge is 0.505 e. The van der Waals surface area contributed by atoms with Crippen molar-refractivity contribution in [2.45, 2.75) is 32.0 Å². The van der Waals surface area contributed by atoms with E-state index in [9.17, 15) is 24.3 Å². The van der Waals surface area contributed by atoms with Crippen LogP contribution in [0.15, 0.2) is 48.5 Å². The molecule has 174 valence electrons. The summed E-state index contributed by atoms with van der Waals surface area (Å²) >= 11 is 0. The lowest BCUT2D eigenvalue weighted by Gasteiger charge is -2.38. The summed E-state index contributed by atoms with van der Waals surface area (Å²) in [5.74, 6) is -2.53. The first kappa shape index (κ1) is 23.9. The molecule has 2 aromatic rings.